The third kappa shape index (κ3) is 6.53. The van der Waals surface area contributed by atoms with Crippen molar-refractivity contribution in [2.24, 2.45) is 0 Å². The van der Waals surface area contributed by atoms with Crippen LogP contribution >= 0.6 is 0 Å². The van der Waals surface area contributed by atoms with E-state index >= 15 is 0 Å². The van der Waals surface area contributed by atoms with Gasteiger partial charge in [0.1, 0.15) is 24.4 Å². The summed E-state index contributed by atoms with van der Waals surface area (Å²) in [6.45, 7) is -0.0209. The average molecular weight is 533 g/mol. The first-order valence-corrected chi connectivity index (χ1v) is 12.3. The van der Waals surface area contributed by atoms with Gasteiger partial charge in [0, 0.05) is 12.3 Å². The van der Waals surface area contributed by atoms with Crippen molar-refractivity contribution in [2.45, 2.75) is 30.8 Å². The quantitative estimate of drug-likeness (QED) is 0.291. The predicted molar refractivity (Wildman–Crippen MR) is 140 cm³/mol. The lowest BCUT2D eigenvalue weighted by atomic mass is 9.98. The number of phenolic OH excluding ortho intramolecular Hbond substituents is 1. The number of methoxy groups -OCH3 is 1. The van der Waals surface area contributed by atoms with Crippen LogP contribution in [0.25, 0.3) is 11.1 Å². The first kappa shape index (κ1) is 27.2. The number of carboxylic acid groups (broad SMARTS) is 1. The Labute approximate surface area is 224 Å². The lowest BCUT2D eigenvalue weighted by Crippen LogP contribution is -2.53. The monoisotopic (exact) mass is 532 g/mol. The van der Waals surface area contributed by atoms with Crippen LogP contribution in [0.5, 0.6) is 5.75 Å². The Balaban J connectivity index is 1.42. The summed E-state index contributed by atoms with van der Waals surface area (Å²) in [5.41, 5.74) is 4.71. The van der Waals surface area contributed by atoms with Gasteiger partial charge in [0.05, 0.1) is 13.5 Å². The molecule has 4 rings (SSSR count). The molecule has 0 heterocycles. The standard InChI is InChI=1S/C29H28N2O8/c1-38-28(36)25(14-17-10-12-18(32)13-11-17)30-27(35)24(15-26(33)34)31-29(37)39-16-23-21-8-4-2-6-19(21)20-7-3-5-9-22(20)23/h2-13,23-25,32H,14-16H2,1H3,(H,30,35)(H,31,37)(H,33,34)/t24-,25-/m0/s1. The maximum atomic E-state index is 13.0. The Kier molecular flexibility index (Phi) is 8.45. The number of alkyl carbamates (subject to hydrolysis) is 1. The minimum absolute atomic E-state index is 0.0173. The van der Waals surface area contributed by atoms with E-state index in [4.69, 9.17) is 9.47 Å². The summed E-state index contributed by atoms with van der Waals surface area (Å²) in [6.07, 6.45) is -1.68. The zero-order chi connectivity index (χ0) is 27.9. The van der Waals surface area contributed by atoms with Crippen molar-refractivity contribution in [2.75, 3.05) is 13.7 Å². The van der Waals surface area contributed by atoms with Crippen LogP contribution < -0.4 is 10.6 Å². The Hall–Kier alpha value is -4.86. The molecule has 0 spiro atoms. The van der Waals surface area contributed by atoms with Gasteiger partial charge in [0.15, 0.2) is 0 Å². The number of carbonyl (C=O) groups is 4. The molecular weight excluding hydrogens is 504 g/mol. The van der Waals surface area contributed by atoms with Crippen LogP contribution in [0.4, 0.5) is 4.79 Å². The average Bonchev–Trinajstić information content (AvgIpc) is 3.25. The zero-order valence-corrected chi connectivity index (χ0v) is 21.1. The van der Waals surface area contributed by atoms with Crippen LogP contribution in [0.15, 0.2) is 72.8 Å². The van der Waals surface area contributed by atoms with Gasteiger partial charge < -0.3 is 30.3 Å². The van der Waals surface area contributed by atoms with Gasteiger partial charge in [-0.1, -0.05) is 60.7 Å². The highest BCUT2D eigenvalue weighted by Crippen LogP contribution is 2.44. The van der Waals surface area contributed by atoms with Gasteiger partial charge in [-0.3, -0.25) is 9.59 Å². The van der Waals surface area contributed by atoms with E-state index < -0.39 is 42.4 Å². The van der Waals surface area contributed by atoms with Crippen molar-refractivity contribution in [1.82, 2.24) is 10.6 Å². The molecule has 10 heteroatoms. The fourth-order valence-electron chi connectivity index (χ4n) is 4.64. The minimum atomic E-state index is -1.51. The molecule has 0 saturated carbocycles. The number of amides is 2. The van der Waals surface area contributed by atoms with Gasteiger partial charge in [-0.25, -0.2) is 9.59 Å². The van der Waals surface area contributed by atoms with E-state index in [0.717, 1.165) is 29.4 Å². The van der Waals surface area contributed by atoms with Gasteiger partial charge in [-0.2, -0.15) is 0 Å². The van der Waals surface area contributed by atoms with E-state index in [0.29, 0.717) is 5.56 Å². The SMILES string of the molecule is COC(=O)[C@H](Cc1ccc(O)cc1)NC(=O)[C@H](CC(=O)O)NC(=O)OCC1c2ccccc2-c2ccccc21. The Bertz CT molecular complexity index is 1330. The van der Waals surface area contributed by atoms with E-state index in [1.807, 2.05) is 48.5 Å². The molecule has 4 N–H and O–H groups in total. The van der Waals surface area contributed by atoms with Crippen LogP contribution in [0.2, 0.25) is 0 Å². The molecule has 0 bridgehead atoms. The van der Waals surface area contributed by atoms with E-state index in [-0.39, 0.29) is 24.7 Å². The smallest absolute Gasteiger partial charge is 0.407 e. The van der Waals surface area contributed by atoms with Crippen molar-refractivity contribution < 1.29 is 38.9 Å². The Morgan fingerprint density at radius 2 is 1.44 bits per heavy atom. The molecule has 202 valence electrons. The summed E-state index contributed by atoms with van der Waals surface area (Å²) >= 11 is 0. The number of hydrogen-bond acceptors (Lipinski definition) is 7. The second-order valence-electron chi connectivity index (χ2n) is 9.08. The zero-order valence-electron chi connectivity index (χ0n) is 21.1. The number of nitrogens with one attached hydrogen (secondary N) is 2. The number of carboxylic acids is 1. The van der Waals surface area contributed by atoms with Gasteiger partial charge in [-0.05, 0) is 39.9 Å². The fourth-order valence-corrected chi connectivity index (χ4v) is 4.64. The number of carbonyl (C=O) groups excluding carboxylic acids is 3. The summed E-state index contributed by atoms with van der Waals surface area (Å²) in [7, 11) is 1.15. The van der Waals surface area contributed by atoms with Crippen LogP contribution in [-0.4, -0.2) is 60.0 Å². The third-order valence-corrected chi connectivity index (χ3v) is 6.51. The third-order valence-electron chi connectivity index (χ3n) is 6.51. The summed E-state index contributed by atoms with van der Waals surface area (Å²) in [5.74, 6) is -3.16. The lowest BCUT2D eigenvalue weighted by molar-refractivity contribution is -0.145. The fraction of sp³-hybridized carbons (Fsp3) is 0.241. The van der Waals surface area contributed by atoms with Gasteiger partial charge >= 0.3 is 18.0 Å². The molecule has 3 aromatic rings. The summed E-state index contributed by atoms with van der Waals surface area (Å²) in [5, 5.41) is 23.6. The molecular formula is C29H28N2O8. The molecule has 0 unspecified atom stereocenters. The second-order valence-corrected chi connectivity index (χ2v) is 9.08. The van der Waals surface area contributed by atoms with Crippen molar-refractivity contribution in [3.05, 3.63) is 89.5 Å². The number of benzene rings is 3. The van der Waals surface area contributed by atoms with Crippen molar-refractivity contribution in [1.29, 1.82) is 0 Å². The van der Waals surface area contributed by atoms with E-state index in [1.54, 1.807) is 12.1 Å². The molecule has 2 atom stereocenters. The van der Waals surface area contributed by atoms with Crippen LogP contribution in [0.1, 0.15) is 29.0 Å². The highest BCUT2D eigenvalue weighted by atomic mass is 16.5. The van der Waals surface area contributed by atoms with Gasteiger partial charge in [-0.15, -0.1) is 0 Å². The van der Waals surface area contributed by atoms with Crippen molar-refractivity contribution in [3.63, 3.8) is 0 Å². The lowest BCUT2D eigenvalue weighted by Gasteiger charge is -2.22. The minimum Gasteiger partial charge on any atom is -0.508 e. The van der Waals surface area contributed by atoms with E-state index in [1.165, 1.54) is 12.1 Å². The maximum absolute atomic E-state index is 13.0. The first-order valence-electron chi connectivity index (χ1n) is 12.3. The Morgan fingerprint density at radius 1 is 0.846 bits per heavy atom. The van der Waals surface area contributed by atoms with E-state index in [2.05, 4.69) is 10.6 Å². The number of phenols is 1. The molecule has 3 aromatic carbocycles. The van der Waals surface area contributed by atoms with Gasteiger partial charge in [0.25, 0.3) is 0 Å². The molecule has 0 radical (unpaired) electrons. The number of aromatic hydroxyl groups is 1. The number of fused-ring (bicyclic) bond motifs is 3. The topological polar surface area (TPSA) is 151 Å². The summed E-state index contributed by atoms with van der Waals surface area (Å²) < 4.78 is 10.2. The molecule has 1 aliphatic carbocycles. The number of esters is 1. The highest BCUT2D eigenvalue weighted by Gasteiger charge is 2.32. The number of ether oxygens (including phenoxy) is 2. The number of rotatable bonds is 10. The van der Waals surface area contributed by atoms with Crippen LogP contribution in [0, 0.1) is 0 Å². The molecule has 0 aromatic heterocycles. The molecule has 2 amide bonds. The predicted octanol–water partition coefficient (Wildman–Crippen LogP) is 2.97. The molecule has 1 aliphatic rings. The van der Waals surface area contributed by atoms with Crippen molar-refractivity contribution in [3.8, 4) is 16.9 Å². The van der Waals surface area contributed by atoms with Crippen molar-refractivity contribution >= 4 is 23.9 Å². The summed E-state index contributed by atoms with van der Waals surface area (Å²) in [4.78, 5) is 49.5. The van der Waals surface area contributed by atoms with Crippen LogP contribution in [-0.2, 0) is 30.3 Å². The Morgan fingerprint density at radius 3 is 2.00 bits per heavy atom. The number of aliphatic carboxylic acids is 1. The molecule has 39 heavy (non-hydrogen) atoms. The largest absolute Gasteiger partial charge is 0.508 e. The van der Waals surface area contributed by atoms with Crippen LogP contribution in [0.3, 0.4) is 0 Å². The molecule has 0 aliphatic heterocycles. The van der Waals surface area contributed by atoms with Gasteiger partial charge in [0.2, 0.25) is 5.91 Å². The molecule has 0 fully saturated rings. The molecule has 0 saturated heterocycles. The second kappa shape index (κ2) is 12.1. The van der Waals surface area contributed by atoms with E-state index in [9.17, 15) is 29.4 Å². The maximum Gasteiger partial charge on any atom is 0.407 e. The highest BCUT2D eigenvalue weighted by molar-refractivity contribution is 5.92. The molecule has 10 nitrogen and oxygen atoms in total. The summed E-state index contributed by atoms with van der Waals surface area (Å²) in [6, 6.07) is 18.9. The number of hydrogen-bond donors (Lipinski definition) is 4. The first-order chi connectivity index (χ1) is 18.8. The normalized spacial score (nSPS) is 13.4.